The van der Waals surface area contributed by atoms with Crippen molar-refractivity contribution in [3.63, 3.8) is 0 Å². The first-order valence-corrected chi connectivity index (χ1v) is 7.32. The third-order valence-electron chi connectivity index (χ3n) is 3.35. The van der Waals surface area contributed by atoms with Crippen LogP contribution >= 0.6 is 11.8 Å². The molecule has 2 heterocycles. The third kappa shape index (κ3) is 2.64. The van der Waals surface area contributed by atoms with E-state index in [1.165, 1.54) is 24.6 Å². The summed E-state index contributed by atoms with van der Waals surface area (Å²) in [4.78, 5) is 4.98. The minimum atomic E-state index is -0.0390. The Morgan fingerprint density at radius 1 is 1.40 bits per heavy atom. The summed E-state index contributed by atoms with van der Waals surface area (Å²) in [5, 5.41) is 20.2. The number of rotatable bonds is 4. The van der Waals surface area contributed by atoms with E-state index in [0.29, 0.717) is 11.7 Å². The van der Waals surface area contributed by atoms with Crippen molar-refractivity contribution in [2.45, 2.75) is 41.8 Å². The number of nitrogens with zero attached hydrogens (tertiary/aromatic N) is 5. The van der Waals surface area contributed by atoms with E-state index in [2.05, 4.69) is 20.5 Å². The van der Waals surface area contributed by atoms with E-state index in [0.717, 1.165) is 22.9 Å². The van der Waals surface area contributed by atoms with Crippen LogP contribution in [0.15, 0.2) is 28.4 Å². The highest BCUT2D eigenvalue weighted by atomic mass is 32.2. The monoisotopic (exact) mass is 289 g/mol. The van der Waals surface area contributed by atoms with E-state index in [1.54, 1.807) is 12.3 Å². The predicted molar refractivity (Wildman–Crippen MR) is 74.7 cm³/mol. The summed E-state index contributed by atoms with van der Waals surface area (Å²) in [7, 11) is 0. The summed E-state index contributed by atoms with van der Waals surface area (Å²) in [6, 6.07) is 4.05. The largest absolute Gasteiger partial charge is 0.382 e. The molecular weight excluding hydrogens is 274 g/mol. The van der Waals surface area contributed by atoms with E-state index >= 15 is 0 Å². The molecule has 1 aliphatic rings. The van der Waals surface area contributed by atoms with Crippen LogP contribution in [0.5, 0.6) is 0 Å². The number of nitrogens with one attached hydrogen (secondary N) is 1. The Bertz CT molecular complexity index is 618. The SMILES string of the molecule is N=C(N)c1cc(Sc2nnnn2C2CCCC2)ccn1. The van der Waals surface area contributed by atoms with Crippen LogP contribution in [-0.2, 0) is 0 Å². The molecule has 2 aromatic rings. The fraction of sp³-hybridized carbons (Fsp3) is 0.417. The van der Waals surface area contributed by atoms with E-state index in [9.17, 15) is 0 Å². The number of nitrogen functional groups attached to an aromatic ring is 1. The molecule has 0 radical (unpaired) electrons. The van der Waals surface area contributed by atoms with Gasteiger partial charge in [-0.2, -0.15) is 0 Å². The molecule has 1 saturated carbocycles. The van der Waals surface area contributed by atoms with Crippen LogP contribution in [0.4, 0.5) is 0 Å². The maximum Gasteiger partial charge on any atom is 0.214 e. The summed E-state index contributed by atoms with van der Waals surface area (Å²) >= 11 is 1.47. The van der Waals surface area contributed by atoms with E-state index in [4.69, 9.17) is 11.1 Å². The molecule has 1 aliphatic carbocycles. The molecule has 1 fully saturated rings. The van der Waals surface area contributed by atoms with E-state index < -0.39 is 0 Å². The molecule has 8 heteroatoms. The van der Waals surface area contributed by atoms with E-state index in [-0.39, 0.29) is 5.84 Å². The molecule has 20 heavy (non-hydrogen) atoms. The van der Waals surface area contributed by atoms with Gasteiger partial charge < -0.3 is 5.73 Å². The van der Waals surface area contributed by atoms with Gasteiger partial charge in [-0.05, 0) is 47.2 Å². The van der Waals surface area contributed by atoms with Crippen LogP contribution in [0.3, 0.4) is 0 Å². The zero-order valence-corrected chi connectivity index (χ0v) is 11.7. The number of nitrogens with two attached hydrogens (primary N) is 1. The lowest BCUT2D eigenvalue weighted by Gasteiger charge is -2.10. The number of hydrogen-bond acceptors (Lipinski definition) is 6. The third-order valence-corrected chi connectivity index (χ3v) is 4.29. The molecule has 104 valence electrons. The van der Waals surface area contributed by atoms with Crippen molar-refractivity contribution in [3.8, 4) is 0 Å². The van der Waals surface area contributed by atoms with E-state index in [1.807, 2.05) is 10.7 Å². The van der Waals surface area contributed by atoms with Gasteiger partial charge >= 0.3 is 0 Å². The number of amidine groups is 1. The van der Waals surface area contributed by atoms with Gasteiger partial charge in [0.25, 0.3) is 0 Å². The van der Waals surface area contributed by atoms with Crippen LogP contribution in [-0.4, -0.2) is 31.0 Å². The highest BCUT2D eigenvalue weighted by Crippen LogP contribution is 2.33. The molecule has 0 spiro atoms. The average Bonchev–Trinajstić information content (AvgIpc) is 3.09. The van der Waals surface area contributed by atoms with Gasteiger partial charge in [0.2, 0.25) is 5.16 Å². The topological polar surface area (TPSA) is 106 Å². The fourth-order valence-corrected chi connectivity index (χ4v) is 3.22. The van der Waals surface area contributed by atoms with Crippen molar-refractivity contribution in [2.24, 2.45) is 5.73 Å². The second-order valence-corrected chi connectivity index (χ2v) is 5.78. The minimum absolute atomic E-state index is 0.0390. The number of pyridine rings is 1. The Morgan fingerprint density at radius 3 is 2.95 bits per heavy atom. The molecule has 0 aliphatic heterocycles. The molecule has 0 saturated heterocycles. The zero-order valence-electron chi connectivity index (χ0n) is 10.9. The summed E-state index contributed by atoms with van der Waals surface area (Å²) in [6.45, 7) is 0. The lowest BCUT2D eigenvalue weighted by atomic mass is 10.3. The Kier molecular flexibility index (Phi) is 3.64. The molecule has 0 atom stereocenters. The van der Waals surface area contributed by atoms with Gasteiger partial charge in [-0.25, -0.2) is 4.68 Å². The minimum Gasteiger partial charge on any atom is -0.382 e. The van der Waals surface area contributed by atoms with Gasteiger partial charge in [-0.3, -0.25) is 10.4 Å². The highest BCUT2D eigenvalue weighted by Gasteiger charge is 2.21. The summed E-state index contributed by atoms with van der Waals surface area (Å²) in [6.07, 6.45) is 6.38. The molecule has 0 amide bonds. The first-order valence-electron chi connectivity index (χ1n) is 6.50. The van der Waals surface area contributed by atoms with Crippen LogP contribution in [0, 0.1) is 5.41 Å². The van der Waals surface area contributed by atoms with Gasteiger partial charge in [0.1, 0.15) is 11.5 Å². The van der Waals surface area contributed by atoms with Crippen molar-refractivity contribution in [1.29, 1.82) is 5.41 Å². The quantitative estimate of drug-likeness (QED) is 0.654. The molecule has 0 bridgehead atoms. The summed E-state index contributed by atoms with van der Waals surface area (Å²) < 4.78 is 1.91. The summed E-state index contributed by atoms with van der Waals surface area (Å²) in [5.41, 5.74) is 5.92. The molecule has 0 aromatic carbocycles. The van der Waals surface area contributed by atoms with Crippen molar-refractivity contribution in [3.05, 3.63) is 24.0 Å². The maximum absolute atomic E-state index is 7.42. The first-order chi connectivity index (χ1) is 9.74. The normalized spacial score (nSPS) is 15.6. The number of tetrazole rings is 1. The second kappa shape index (κ2) is 5.58. The van der Waals surface area contributed by atoms with Crippen LogP contribution in [0.25, 0.3) is 0 Å². The second-order valence-electron chi connectivity index (χ2n) is 4.74. The smallest absolute Gasteiger partial charge is 0.214 e. The van der Waals surface area contributed by atoms with Crippen molar-refractivity contribution in [2.75, 3.05) is 0 Å². The molecule has 2 aromatic heterocycles. The number of aromatic nitrogens is 5. The van der Waals surface area contributed by atoms with Gasteiger partial charge in [-0.15, -0.1) is 5.10 Å². The van der Waals surface area contributed by atoms with Crippen LogP contribution in [0.2, 0.25) is 0 Å². The average molecular weight is 289 g/mol. The highest BCUT2D eigenvalue weighted by molar-refractivity contribution is 7.99. The summed E-state index contributed by atoms with van der Waals surface area (Å²) in [5.74, 6) is -0.0390. The standard InChI is InChI=1S/C12H15N7S/c13-11(14)10-7-9(5-6-15-10)20-12-16-17-18-19(12)8-3-1-2-4-8/h5-8H,1-4H2,(H3,13,14). The Morgan fingerprint density at radius 2 is 2.20 bits per heavy atom. The van der Waals surface area contributed by atoms with Crippen LogP contribution < -0.4 is 5.73 Å². The maximum atomic E-state index is 7.42. The Hall–Kier alpha value is -1.96. The van der Waals surface area contributed by atoms with Crippen molar-refractivity contribution >= 4 is 17.6 Å². The van der Waals surface area contributed by atoms with Crippen molar-refractivity contribution in [1.82, 2.24) is 25.2 Å². The van der Waals surface area contributed by atoms with Gasteiger partial charge in [0.15, 0.2) is 0 Å². The zero-order chi connectivity index (χ0) is 13.9. The Labute approximate surface area is 120 Å². The van der Waals surface area contributed by atoms with Crippen molar-refractivity contribution < 1.29 is 0 Å². The molecule has 3 rings (SSSR count). The molecule has 0 unspecified atom stereocenters. The molecule has 3 N–H and O–H groups in total. The molecule has 7 nitrogen and oxygen atoms in total. The fourth-order valence-electron chi connectivity index (χ4n) is 2.36. The first kappa shape index (κ1) is 13.0. The van der Waals surface area contributed by atoms with Gasteiger partial charge in [-0.1, -0.05) is 12.8 Å². The van der Waals surface area contributed by atoms with Gasteiger partial charge in [0, 0.05) is 11.1 Å². The number of hydrogen-bond donors (Lipinski definition) is 2. The predicted octanol–water partition coefficient (Wildman–Crippen LogP) is 1.62. The molecular formula is C12H15N7S. The van der Waals surface area contributed by atoms with Gasteiger partial charge in [0.05, 0.1) is 6.04 Å². The Balaban J connectivity index is 1.82. The lowest BCUT2D eigenvalue weighted by molar-refractivity contribution is 0.423. The van der Waals surface area contributed by atoms with Crippen LogP contribution in [0.1, 0.15) is 37.4 Å². The lowest BCUT2D eigenvalue weighted by Crippen LogP contribution is -2.12.